The molecule has 0 bridgehead atoms. The minimum Gasteiger partial charge on any atom is -0.493 e. The molecule has 0 radical (unpaired) electrons. The zero-order chi connectivity index (χ0) is 19.9. The molecular formula is C19H15Br2N3O4. The molecule has 1 unspecified atom stereocenters. The standard InChI is InChI=1S/C19H15Br2N3O4/c20-11-5-6-14(13(21)9-11)22-16(25)10-24-17(26)19(23-18(24)27)7-8-28-15-4-2-1-3-12(15)19/h1-6,9H,7-8,10H2,(H,22,25)(H,23,27). The molecule has 1 saturated heterocycles. The summed E-state index contributed by atoms with van der Waals surface area (Å²) < 4.78 is 7.14. The van der Waals surface area contributed by atoms with Crippen LogP contribution in [0.4, 0.5) is 10.5 Å². The van der Waals surface area contributed by atoms with E-state index in [1.807, 2.05) is 0 Å². The van der Waals surface area contributed by atoms with E-state index in [-0.39, 0.29) is 6.54 Å². The number of carbonyl (C=O) groups is 3. The van der Waals surface area contributed by atoms with Crippen LogP contribution < -0.4 is 15.4 Å². The molecule has 28 heavy (non-hydrogen) atoms. The number of para-hydroxylation sites is 1. The van der Waals surface area contributed by atoms with Gasteiger partial charge in [-0.05, 0) is 40.2 Å². The lowest BCUT2D eigenvalue weighted by atomic mass is 9.84. The van der Waals surface area contributed by atoms with Gasteiger partial charge in [0.25, 0.3) is 5.91 Å². The van der Waals surface area contributed by atoms with Gasteiger partial charge in [-0.25, -0.2) is 4.79 Å². The Morgan fingerprint density at radius 3 is 2.79 bits per heavy atom. The van der Waals surface area contributed by atoms with Gasteiger partial charge in [0, 0.05) is 20.9 Å². The number of halogens is 2. The number of nitrogens with zero attached hydrogens (tertiary/aromatic N) is 1. The van der Waals surface area contributed by atoms with Crippen molar-refractivity contribution in [1.82, 2.24) is 10.2 Å². The molecule has 2 aromatic carbocycles. The van der Waals surface area contributed by atoms with E-state index in [4.69, 9.17) is 4.74 Å². The fourth-order valence-electron chi connectivity index (χ4n) is 3.44. The van der Waals surface area contributed by atoms with Crippen molar-refractivity contribution in [2.45, 2.75) is 12.0 Å². The Balaban J connectivity index is 1.55. The molecule has 1 fully saturated rings. The van der Waals surface area contributed by atoms with Gasteiger partial charge in [0.15, 0.2) is 5.54 Å². The lowest BCUT2D eigenvalue weighted by Gasteiger charge is -2.33. The zero-order valence-electron chi connectivity index (χ0n) is 14.5. The van der Waals surface area contributed by atoms with Crippen molar-refractivity contribution >= 4 is 55.4 Å². The number of amides is 4. The molecule has 4 amide bonds. The molecule has 7 nitrogen and oxygen atoms in total. The summed E-state index contributed by atoms with van der Waals surface area (Å²) in [6, 6.07) is 11.8. The maximum atomic E-state index is 13.1. The van der Waals surface area contributed by atoms with Crippen LogP contribution in [0.1, 0.15) is 12.0 Å². The van der Waals surface area contributed by atoms with E-state index in [1.54, 1.807) is 42.5 Å². The molecular weight excluding hydrogens is 494 g/mol. The summed E-state index contributed by atoms with van der Waals surface area (Å²) in [5.74, 6) is -0.352. The maximum Gasteiger partial charge on any atom is 0.325 e. The minimum absolute atomic E-state index is 0.301. The van der Waals surface area contributed by atoms with Gasteiger partial charge in [-0.2, -0.15) is 0 Å². The molecule has 2 aliphatic rings. The van der Waals surface area contributed by atoms with Gasteiger partial charge >= 0.3 is 6.03 Å². The van der Waals surface area contributed by atoms with Gasteiger partial charge in [-0.3, -0.25) is 14.5 Å². The average molecular weight is 509 g/mol. The number of hydrogen-bond donors (Lipinski definition) is 2. The van der Waals surface area contributed by atoms with Crippen molar-refractivity contribution in [3.05, 3.63) is 57.0 Å². The Hall–Kier alpha value is -2.39. The van der Waals surface area contributed by atoms with Crippen LogP contribution in [0, 0.1) is 0 Å². The summed E-state index contributed by atoms with van der Waals surface area (Å²) in [4.78, 5) is 39.1. The second kappa shape index (κ2) is 7.21. The largest absolute Gasteiger partial charge is 0.493 e. The second-order valence-electron chi connectivity index (χ2n) is 6.49. The number of nitrogens with one attached hydrogen (secondary N) is 2. The third-order valence-electron chi connectivity index (χ3n) is 4.76. The van der Waals surface area contributed by atoms with Gasteiger partial charge in [0.1, 0.15) is 12.3 Å². The molecule has 144 valence electrons. The monoisotopic (exact) mass is 507 g/mol. The number of carbonyl (C=O) groups excluding carboxylic acids is 3. The topological polar surface area (TPSA) is 87.7 Å². The predicted octanol–water partition coefficient (Wildman–Crippen LogP) is 3.38. The number of imide groups is 1. The van der Waals surface area contributed by atoms with Crippen LogP contribution in [0.3, 0.4) is 0 Å². The number of hydrogen-bond acceptors (Lipinski definition) is 4. The first-order chi connectivity index (χ1) is 13.4. The first-order valence-electron chi connectivity index (χ1n) is 8.52. The molecule has 0 aromatic heterocycles. The highest BCUT2D eigenvalue weighted by Gasteiger charge is 2.55. The quantitative estimate of drug-likeness (QED) is 0.622. The fourth-order valence-corrected chi connectivity index (χ4v) is 4.59. The Bertz CT molecular complexity index is 997. The van der Waals surface area contributed by atoms with E-state index < -0.39 is 23.4 Å². The average Bonchev–Trinajstić information content (AvgIpc) is 2.89. The van der Waals surface area contributed by atoms with Gasteiger partial charge in [-0.1, -0.05) is 34.1 Å². The predicted molar refractivity (Wildman–Crippen MR) is 109 cm³/mol. The second-order valence-corrected chi connectivity index (χ2v) is 8.26. The van der Waals surface area contributed by atoms with E-state index in [0.29, 0.717) is 34.5 Å². The minimum atomic E-state index is -1.19. The van der Waals surface area contributed by atoms with Crippen LogP contribution in [0.15, 0.2) is 51.4 Å². The third-order valence-corrected chi connectivity index (χ3v) is 5.91. The van der Waals surface area contributed by atoms with Gasteiger partial charge in [-0.15, -0.1) is 0 Å². The van der Waals surface area contributed by atoms with Gasteiger partial charge in [0.2, 0.25) is 5.91 Å². The maximum absolute atomic E-state index is 13.1. The lowest BCUT2D eigenvalue weighted by Crippen LogP contribution is -2.48. The number of anilines is 1. The normalized spacial score (nSPS) is 20.6. The highest BCUT2D eigenvalue weighted by atomic mass is 79.9. The van der Waals surface area contributed by atoms with Gasteiger partial charge in [0.05, 0.1) is 12.3 Å². The highest BCUT2D eigenvalue weighted by Crippen LogP contribution is 2.40. The first kappa shape index (κ1) is 18.9. The molecule has 1 atom stereocenters. The molecule has 9 heteroatoms. The SMILES string of the molecule is O=C(CN1C(=O)NC2(CCOc3ccccc32)C1=O)Nc1ccc(Br)cc1Br. The number of urea groups is 1. The van der Waals surface area contributed by atoms with Crippen LogP contribution >= 0.6 is 31.9 Å². The van der Waals surface area contributed by atoms with Crippen molar-refractivity contribution in [3.63, 3.8) is 0 Å². The van der Waals surface area contributed by atoms with E-state index in [2.05, 4.69) is 42.5 Å². The summed E-state index contributed by atoms with van der Waals surface area (Å²) in [6.45, 7) is -0.0765. The van der Waals surface area contributed by atoms with Gasteiger partial charge < -0.3 is 15.4 Å². The molecule has 1 spiro atoms. The Labute approximate surface area is 177 Å². The molecule has 2 aromatic rings. The third kappa shape index (κ3) is 3.18. The van der Waals surface area contributed by atoms with Crippen LogP contribution in [0.2, 0.25) is 0 Å². The van der Waals surface area contributed by atoms with Crippen LogP contribution in [0.25, 0.3) is 0 Å². The van der Waals surface area contributed by atoms with E-state index in [0.717, 1.165) is 9.37 Å². The fraction of sp³-hybridized carbons (Fsp3) is 0.211. The van der Waals surface area contributed by atoms with E-state index in [1.165, 1.54) is 0 Å². The highest BCUT2D eigenvalue weighted by molar-refractivity contribution is 9.11. The summed E-state index contributed by atoms with van der Waals surface area (Å²) in [6.07, 6.45) is 0.310. The summed E-state index contributed by atoms with van der Waals surface area (Å²) >= 11 is 6.71. The summed E-state index contributed by atoms with van der Waals surface area (Å²) in [5, 5.41) is 5.49. The van der Waals surface area contributed by atoms with E-state index >= 15 is 0 Å². The number of rotatable bonds is 3. The van der Waals surface area contributed by atoms with Crippen molar-refractivity contribution in [2.75, 3.05) is 18.5 Å². The lowest BCUT2D eigenvalue weighted by molar-refractivity contribution is -0.135. The number of fused-ring (bicyclic) bond motifs is 2. The van der Waals surface area contributed by atoms with Crippen molar-refractivity contribution in [2.24, 2.45) is 0 Å². The van der Waals surface area contributed by atoms with Crippen molar-refractivity contribution < 1.29 is 19.1 Å². The smallest absolute Gasteiger partial charge is 0.325 e. The Morgan fingerprint density at radius 2 is 2.00 bits per heavy atom. The van der Waals surface area contributed by atoms with Crippen LogP contribution in [0.5, 0.6) is 5.75 Å². The number of benzene rings is 2. The molecule has 0 saturated carbocycles. The molecule has 2 heterocycles. The molecule has 4 rings (SSSR count). The van der Waals surface area contributed by atoms with Crippen molar-refractivity contribution in [1.29, 1.82) is 0 Å². The summed E-state index contributed by atoms with van der Waals surface area (Å²) in [7, 11) is 0. The zero-order valence-corrected chi connectivity index (χ0v) is 17.7. The molecule has 0 aliphatic carbocycles. The molecule has 2 N–H and O–H groups in total. The Morgan fingerprint density at radius 1 is 1.21 bits per heavy atom. The molecule has 2 aliphatic heterocycles. The van der Waals surface area contributed by atoms with Crippen LogP contribution in [-0.2, 0) is 15.1 Å². The number of ether oxygens (including phenoxy) is 1. The van der Waals surface area contributed by atoms with Crippen molar-refractivity contribution in [3.8, 4) is 5.75 Å². The first-order valence-corrected chi connectivity index (χ1v) is 10.1. The Kier molecular flexibility index (Phi) is 4.88. The van der Waals surface area contributed by atoms with Crippen LogP contribution in [-0.4, -0.2) is 35.9 Å². The van der Waals surface area contributed by atoms with E-state index in [9.17, 15) is 14.4 Å². The summed E-state index contributed by atoms with van der Waals surface area (Å²) in [5.41, 5.74) is -0.0331.